The maximum atomic E-state index is 13.4. The van der Waals surface area contributed by atoms with Gasteiger partial charge in [-0.1, -0.05) is 30.3 Å². The molecule has 2 fully saturated rings. The van der Waals surface area contributed by atoms with Crippen molar-refractivity contribution in [2.45, 2.75) is 25.7 Å². The zero-order valence-corrected chi connectivity index (χ0v) is 23.5. The van der Waals surface area contributed by atoms with Gasteiger partial charge in [-0.25, -0.2) is 4.39 Å². The highest BCUT2D eigenvalue weighted by Gasteiger charge is 2.23. The third-order valence-electron chi connectivity index (χ3n) is 8.00. The van der Waals surface area contributed by atoms with E-state index in [9.17, 15) is 14.3 Å². The lowest BCUT2D eigenvalue weighted by molar-refractivity contribution is -0.134. The molecule has 3 aromatic rings. The van der Waals surface area contributed by atoms with E-state index in [1.807, 2.05) is 17.0 Å². The lowest BCUT2D eigenvalue weighted by Crippen LogP contribution is -2.41. The van der Waals surface area contributed by atoms with E-state index in [4.69, 9.17) is 14.2 Å². The number of halogens is 1. The maximum Gasteiger partial charge on any atom is 0.260 e. The highest BCUT2D eigenvalue weighted by molar-refractivity contribution is 5.79. The van der Waals surface area contributed by atoms with Gasteiger partial charge in [0, 0.05) is 49.9 Å². The van der Waals surface area contributed by atoms with E-state index in [0.29, 0.717) is 29.4 Å². The van der Waals surface area contributed by atoms with Crippen molar-refractivity contribution in [3.05, 3.63) is 78.1 Å². The van der Waals surface area contributed by atoms with Gasteiger partial charge in [0.05, 0.1) is 13.2 Å². The van der Waals surface area contributed by atoms with Crippen LogP contribution in [-0.2, 0) is 16.0 Å². The van der Waals surface area contributed by atoms with E-state index in [2.05, 4.69) is 29.2 Å². The third-order valence-corrected chi connectivity index (χ3v) is 8.00. The molecule has 0 spiro atoms. The van der Waals surface area contributed by atoms with Crippen LogP contribution in [0.15, 0.2) is 66.7 Å². The third kappa shape index (κ3) is 8.21. The van der Waals surface area contributed by atoms with Gasteiger partial charge in [0.15, 0.2) is 6.61 Å². The average molecular weight is 563 g/mol. The maximum absolute atomic E-state index is 13.4. The largest absolute Gasteiger partial charge is 0.507 e. The first-order chi connectivity index (χ1) is 20.0. The summed E-state index contributed by atoms with van der Waals surface area (Å²) in [6.45, 7) is 6.54. The molecule has 8 heteroatoms. The molecule has 0 unspecified atom stereocenters. The summed E-state index contributed by atoms with van der Waals surface area (Å²) in [5.74, 6) is 1.25. The summed E-state index contributed by atoms with van der Waals surface area (Å²) in [6, 6.07) is 19.5. The zero-order chi connectivity index (χ0) is 28.4. The van der Waals surface area contributed by atoms with Gasteiger partial charge in [-0.2, -0.15) is 0 Å². The van der Waals surface area contributed by atoms with E-state index in [1.165, 1.54) is 17.7 Å². The van der Waals surface area contributed by atoms with Crippen LogP contribution in [0.5, 0.6) is 17.2 Å². The minimum atomic E-state index is -0.513. The van der Waals surface area contributed by atoms with Gasteiger partial charge in [0.1, 0.15) is 29.7 Å². The number of ether oxygens (including phenoxy) is 3. The van der Waals surface area contributed by atoms with E-state index in [-0.39, 0.29) is 18.3 Å². The van der Waals surface area contributed by atoms with Crippen LogP contribution >= 0.6 is 0 Å². The van der Waals surface area contributed by atoms with Crippen molar-refractivity contribution in [1.29, 1.82) is 0 Å². The Morgan fingerprint density at radius 3 is 2.44 bits per heavy atom. The fourth-order valence-corrected chi connectivity index (χ4v) is 5.49. The first-order valence-corrected chi connectivity index (χ1v) is 14.6. The number of aromatic hydroxyl groups is 1. The Morgan fingerprint density at radius 1 is 0.927 bits per heavy atom. The van der Waals surface area contributed by atoms with Crippen molar-refractivity contribution >= 4 is 5.91 Å². The number of phenols is 1. The fourth-order valence-electron chi connectivity index (χ4n) is 5.49. The Labute approximate surface area is 241 Å². The molecule has 0 aliphatic carbocycles. The van der Waals surface area contributed by atoms with Gasteiger partial charge in [-0.15, -0.1) is 0 Å². The summed E-state index contributed by atoms with van der Waals surface area (Å²) < 4.78 is 30.6. The number of carbonyl (C=O) groups is 1. The second-order valence-corrected chi connectivity index (χ2v) is 10.8. The minimum absolute atomic E-state index is 0.0502. The molecule has 0 radical (unpaired) electrons. The lowest BCUT2D eigenvalue weighted by atomic mass is 9.90. The van der Waals surface area contributed by atoms with Crippen molar-refractivity contribution in [2.24, 2.45) is 5.92 Å². The zero-order valence-electron chi connectivity index (χ0n) is 23.5. The van der Waals surface area contributed by atoms with E-state index in [1.54, 1.807) is 12.1 Å². The number of phenolic OH excluding ortho intramolecular Hbond substituents is 1. The van der Waals surface area contributed by atoms with Gasteiger partial charge in [0.2, 0.25) is 0 Å². The molecule has 2 heterocycles. The quantitative estimate of drug-likeness (QED) is 0.348. The van der Waals surface area contributed by atoms with Crippen LogP contribution in [0.2, 0.25) is 0 Å². The molecule has 0 saturated carbocycles. The molecule has 2 aliphatic rings. The smallest absolute Gasteiger partial charge is 0.260 e. The van der Waals surface area contributed by atoms with Gasteiger partial charge < -0.3 is 24.2 Å². The molecule has 3 aromatic carbocycles. The molecule has 5 rings (SSSR count). The van der Waals surface area contributed by atoms with Crippen LogP contribution in [0.3, 0.4) is 0 Å². The molecule has 0 atom stereocenters. The van der Waals surface area contributed by atoms with E-state index < -0.39 is 5.82 Å². The summed E-state index contributed by atoms with van der Waals surface area (Å²) in [5.41, 5.74) is 2.38. The molecule has 7 nitrogen and oxygen atoms in total. The molecule has 1 amide bonds. The molecule has 2 aliphatic heterocycles. The van der Waals surface area contributed by atoms with Gasteiger partial charge in [-0.05, 0) is 67.5 Å². The van der Waals surface area contributed by atoms with Crippen LogP contribution in [0.25, 0.3) is 11.1 Å². The molecule has 2 saturated heterocycles. The number of morpholine rings is 1. The monoisotopic (exact) mass is 562 g/mol. The van der Waals surface area contributed by atoms with Crippen LogP contribution in [-0.4, -0.2) is 80.0 Å². The first kappa shape index (κ1) is 28.9. The Balaban J connectivity index is 1.02. The predicted octanol–water partition coefficient (Wildman–Crippen LogP) is 5.16. The molecule has 1 N–H and O–H groups in total. The van der Waals surface area contributed by atoms with Crippen molar-refractivity contribution in [2.75, 3.05) is 59.2 Å². The molecule has 218 valence electrons. The van der Waals surface area contributed by atoms with Crippen molar-refractivity contribution in [3.63, 3.8) is 0 Å². The van der Waals surface area contributed by atoms with E-state index >= 15 is 0 Å². The average Bonchev–Trinajstić information content (AvgIpc) is 3.00. The fraction of sp³-hybridized carbons (Fsp3) is 0.424. The highest BCUT2D eigenvalue weighted by atomic mass is 19.1. The summed E-state index contributed by atoms with van der Waals surface area (Å²) in [4.78, 5) is 17.1. The lowest BCUT2D eigenvalue weighted by Gasteiger charge is -2.32. The number of para-hydroxylation sites is 1. The number of hydrogen-bond donors (Lipinski definition) is 1. The number of amides is 1. The van der Waals surface area contributed by atoms with Crippen LogP contribution < -0.4 is 9.47 Å². The molecule has 0 aromatic heterocycles. The van der Waals surface area contributed by atoms with Gasteiger partial charge >= 0.3 is 0 Å². The number of nitrogens with zero attached hydrogens (tertiary/aromatic N) is 2. The van der Waals surface area contributed by atoms with Crippen molar-refractivity contribution < 1.29 is 28.5 Å². The summed E-state index contributed by atoms with van der Waals surface area (Å²) in [5, 5.41) is 10.2. The number of hydrogen-bond acceptors (Lipinski definition) is 6. The normalized spacial score (nSPS) is 16.5. The highest BCUT2D eigenvalue weighted by Crippen LogP contribution is 2.36. The van der Waals surface area contributed by atoms with Gasteiger partial charge in [0.25, 0.3) is 5.91 Å². The predicted molar refractivity (Wildman–Crippen MR) is 156 cm³/mol. The summed E-state index contributed by atoms with van der Waals surface area (Å²) in [6.07, 6.45) is 4.08. The molecular formula is C33H39FN2O5. The topological polar surface area (TPSA) is 71.5 Å². The second-order valence-electron chi connectivity index (χ2n) is 10.8. The van der Waals surface area contributed by atoms with Crippen LogP contribution in [0.4, 0.5) is 4.39 Å². The number of carbonyl (C=O) groups excluding carboxylic acids is 1. The van der Waals surface area contributed by atoms with Gasteiger partial charge in [-0.3, -0.25) is 9.69 Å². The number of rotatable bonds is 11. The van der Waals surface area contributed by atoms with Crippen molar-refractivity contribution in [1.82, 2.24) is 9.80 Å². The number of aryl methyl sites for hydroxylation is 1. The Kier molecular flexibility index (Phi) is 10.1. The summed E-state index contributed by atoms with van der Waals surface area (Å²) in [7, 11) is 0. The molecular weight excluding hydrogens is 523 g/mol. The SMILES string of the molecule is O=C(COc1ccccc1-c1ccc(F)cc1O)N1CCC(CCc2ccc(OCCN3CCOCC3)cc2)CC1. The summed E-state index contributed by atoms with van der Waals surface area (Å²) >= 11 is 0. The second kappa shape index (κ2) is 14.3. The van der Waals surface area contributed by atoms with Crippen LogP contribution in [0, 0.1) is 11.7 Å². The van der Waals surface area contributed by atoms with E-state index in [0.717, 1.165) is 83.4 Å². The Bertz CT molecular complexity index is 1270. The molecule has 41 heavy (non-hydrogen) atoms. The minimum Gasteiger partial charge on any atom is -0.507 e. The standard InChI is InChI=1S/C33H39FN2O5/c34-27-9-12-29(31(37)23-27)30-3-1-2-4-32(30)41-24-33(38)36-15-13-26(14-16-36)6-5-25-7-10-28(11-8-25)40-22-19-35-17-20-39-21-18-35/h1-4,7-12,23,26,37H,5-6,13-22,24H2. The first-order valence-electron chi connectivity index (χ1n) is 14.6. The van der Waals surface area contributed by atoms with Crippen LogP contribution in [0.1, 0.15) is 24.8 Å². The number of benzene rings is 3. The Hall–Kier alpha value is -3.62. The number of piperidine rings is 1. The molecule has 0 bridgehead atoms. The Morgan fingerprint density at radius 2 is 1.68 bits per heavy atom. The number of likely N-dealkylation sites (tertiary alicyclic amines) is 1. The van der Waals surface area contributed by atoms with Crippen molar-refractivity contribution in [3.8, 4) is 28.4 Å².